The standard InChI is InChI=1S/C27H24N8O3S2/c1-18-16-24(30-19(2)29-18)34-40(37,38)23-10-8-21(9-11-23)31-25(36)17-39-27-33-32-26(20-12-14-28-15-13-20)35(27)22-6-4-3-5-7-22/h3-16H,17H2,1-2H3,(H,31,36)(H,29,30,34). The van der Waals surface area contributed by atoms with Crippen LogP contribution >= 0.6 is 11.8 Å². The molecule has 0 fully saturated rings. The van der Waals surface area contributed by atoms with Gasteiger partial charge in [-0.2, -0.15) is 0 Å². The number of thioether (sulfide) groups is 1. The molecule has 1 amide bonds. The Morgan fingerprint density at radius 1 is 0.925 bits per heavy atom. The van der Waals surface area contributed by atoms with Crippen LogP contribution in [0.1, 0.15) is 11.5 Å². The topological polar surface area (TPSA) is 145 Å². The summed E-state index contributed by atoms with van der Waals surface area (Å²) in [6, 6.07) is 20.8. The zero-order valence-electron chi connectivity index (χ0n) is 21.5. The van der Waals surface area contributed by atoms with E-state index in [0.717, 1.165) is 11.3 Å². The average Bonchev–Trinajstić information content (AvgIpc) is 3.36. The van der Waals surface area contributed by atoms with Gasteiger partial charge in [0.15, 0.2) is 11.0 Å². The Balaban J connectivity index is 1.26. The quantitative estimate of drug-likeness (QED) is 0.247. The molecule has 5 rings (SSSR count). The lowest BCUT2D eigenvalue weighted by Gasteiger charge is -2.11. The molecule has 0 aliphatic heterocycles. The number of aryl methyl sites for hydroxylation is 2. The fourth-order valence-corrected chi connectivity index (χ4v) is 5.62. The number of carbonyl (C=O) groups excluding carboxylic acids is 1. The number of pyridine rings is 1. The lowest BCUT2D eigenvalue weighted by molar-refractivity contribution is -0.113. The minimum atomic E-state index is -3.87. The summed E-state index contributed by atoms with van der Waals surface area (Å²) in [6.07, 6.45) is 3.37. The largest absolute Gasteiger partial charge is 0.325 e. The lowest BCUT2D eigenvalue weighted by Crippen LogP contribution is -2.16. The number of amides is 1. The number of benzene rings is 2. The van der Waals surface area contributed by atoms with Gasteiger partial charge >= 0.3 is 0 Å². The molecule has 0 unspecified atom stereocenters. The first-order valence-electron chi connectivity index (χ1n) is 12.1. The van der Waals surface area contributed by atoms with Gasteiger partial charge in [0.05, 0.1) is 10.6 Å². The highest BCUT2D eigenvalue weighted by molar-refractivity contribution is 7.99. The molecule has 202 valence electrons. The first-order chi connectivity index (χ1) is 19.3. The van der Waals surface area contributed by atoms with Gasteiger partial charge in [0.25, 0.3) is 10.0 Å². The van der Waals surface area contributed by atoms with Crippen LogP contribution in [0.15, 0.2) is 95.2 Å². The lowest BCUT2D eigenvalue weighted by atomic mass is 10.2. The maximum atomic E-state index is 12.8. The second-order valence-electron chi connectivity index (χ2n) is 8.62. The maximum absolute atomic E-state index is 12.8. The number of nitrogens with zero attached hydrogens (tertiary/aromatic N) is 6. The van der Waals surface area contributed by atoms with Crippen LogP contribution in [-0.2, 0) is 14.8 Å². The zero-order valence-corrected chi connectivity index (χ0v) is 23.1. The summed E-state index contributed by atoms with van der Waals surface area (Å²) in [5.41, 5.74) is 2.81. The van der Waals surface area contributed by atoms with Gasteiger partial charge in [-0.3, -0.25) is 19.1 Å². The summed E-state index contributed by atoms with van der Waals surface area (Å²) in [7, 11) is -3.87. The summed E-state index contributed by atoms with van der Waals surface area (Å²) < 4.78 is 29.9. The monoisotopic (exact) mass is 572 g/mol. The molecule has 3 aromatic heterocycles. The second kappa shape index (κ2) is 11.6. The van der Waals surface area contributed by atoms with Crippen molar-refractivity contribution in [1.82, 2.24) is 29.7 Å². The van der Waals surface area contributed by atoms with Crippen LogP contribution in [0.5, 0.6) is 0 Å². The van der Waals surface area contributed by atoms with Crippen LogP contribution in [0.2, 0.25) is 0 Å². The van der Waals surface area contributed by atoms with E-state index in [-0.39, 0.29) is 22.4 Å². The molecule has 0 saturated heterocycles. The minimum absolute atomic E-state index is 0.0356. The number of carbonyl (C=O) groups is 1. The Labute approximate surface area is 235 Å². The van der Waals surface area contributed by atoms with Crippen LogP contribution in [0.3, 0.4) is 0 Å². The van der Waals surface area contributed by atoms with E-state index in [0.29, 0.717) is 28.2 Å². The normalized spacial score (nSPS) is 11.2. The molecule has 2 N–H and O–H groups in total. The van der Waals surface area contributed by atoms with Crippen molar-refractivity contribution in [3.63, 3.8) is 0 Å². The fourth-order valence-electron chi connectivity index (χ4n) is 3.87. The van der Waals surface area contributed by atoms with Crippen molar-refractivity contribution in [2.45, 2.75) is 23.9 Å². The van der Waals surface area contributed by atoms with Crippen LogP contribution in [0.4, 0.5) is 11.5 Å². The first-order valence-corrected chi connectivity index (χ1v) is 14.5. The minimum Gasteiger partial charge on any atom is -0.325 e. The summed E-state index contributed by atoms with van der Waals surface area (Å²) in [5, 5.41) is 12.0. The molecule has 5 aromatic rings. The van der Waals surface area contributed by atoms with E-state index in [1.807, 2.05) is 47.0 Å². The number of rotatable bonds is 9. The third-order valence-electron chi connectivity index (χ3n) is 5.57. The van der Waals surface area contributed by atoms with Crippen LogP contribution in [0, 0.1) is 13.8 Å². The number of hydrogen-bond donors (Lipinski definition) is 2. The van der Waals surface area contributed by atoms with Gasteiger partial charge in [-0.05, 0) is 62.4 Å². The number of aromatic nitrogens is 6. The van der Waals surface area contributed by atoms with Crippen molar-refractivity contribution in [2.75, 3.05) is 15.8 Å². The molecule has 0 bridgehead atoms. The molecule has 0 atom stereocenters. The zero-order chi connectivity index (χ0) is 28.1. The average molecular weight is 573 g/mol. The molecule has 0 radical (unpaired) electrons. The van der Waals surface area contributed by atoms with Crippen molar-refractivity contribution in [1.29, 1.82) is 0 Å². The highest BCUT2D eigenvalue weighted by Crippen LogP contribution is 2.28. The number of para-hydroxylation sites is 1. The van der Waals surface area contributed by atoms with Gasteiger partial charge in [0, 0.05) is 41.1 Å². The first kappa shape index (κ1) is 27.0. The maximum Gasteiger partial charge on any atom is 0.263 e. The molecular weight excluding hydrogens is 548 g/mol. The van der Waals surface area contributed by atoms with Crippen LogP contribution in [0.25, 0.3) is 17.1 Å². The highest BCUT2D eigenvalue weighted by atomic mass is 32.2. The molecule has 40 heavy (non-hydrogen) atoms. The molecule has 2 aromatic carbocycles. The van der Waals surface area contributed by atoms with Gasteiger partial charge in [-0.15, -0.1) is 10.2 Å². The Bertz CT molecular complexity index is 1720. The predicted octanol–water partition coefficient (Wildman–Crippen LogP) is 4.27. The molecule has 3 heterocycles. The Kier molecular flexibility index (Phi) is 7.84. The molecule has 0 saturated carbocycles. The molecular formula is C27H24N8O3S2. The molecule has 0 spiro atoms. The van der Waals surface area contributed by atoms with Gasteiger partial charge in [0.2, 0.25) is 5.91 Å². The van der Waals surface area contributed by atoms with Crippen molar-refractivity contribution in [3.05, 3.63) is 96.7 Å². The second-order valence-corrected chi connectivity index (χ2v) is 11.2. The molecule has 13 heteroatoms. The predicted molar refractivity (Wildman–Crippen MR) is 153 cm³/mol. The van der Waals surface area contributed by atoms with Crippen molar-refractivity contribution < 1.29 is 13.2 Å². The molecule has 11 nitrogen and oxygen atoms in total. The fraction of sp³-hybridized carbons (Fsp3) is 0.111. The van der Waals surface area contributed by atoms with Gasteiger partial charge in [-0.25, -0.2) is 18.4 Å². The summed E-state index contributed by atoms with van der Waals surface area (Å²) in [6.45, 7) is 3.44. The van der Waals surface area contributed by atoms with E-state index in [9.17, 15) is 13.2 Å². The molecule has 0 aliphatic carbocycles. The van der Waals surface area contributed by atoms with Crippen molar-refractivity contribution in [3.8, 4) is 17.1 Å². The van der Waals surface area contributed by atoms with E-state index >= 15 is 0 Å². The third-order valence-corrected chi connectivity index (χ3v) is 7.87. The smallest absolute Gasteiger partial charge is 0.263 e. The Hall–Kier alpha value is -4.62. The van der Waals surface area contributed by atoms with Crippen molar-refractivity contribution >= 4 is 39.2 Å². The number of sulfonamides is 1. The van der Waals surface area contributed by atoms with E-state index in [1.165, 1.54) is 36.0 Å². The van der Waals surface area contributed by atoms with Gasteiger partial charge in [0.1, 0.15) is 11.6 Å². The van der Waals surface area contributed by atoms with E-state index in [4.69, 9.17) is 0 Å². The molecule has 0 aliphatic rings. The van der Waals surface area contributed by atoms with Crippen LogP contribution in [-0.4, -0.2) is 49.8 Å². The summed E-state index contributed by atoms with van der Waals surface area (Å²) in [5.74, 6) is 1.07. The summed E-state index contributed by atoms with van der Waals surface area (Å²) in [4.78, 5) is 25.1. The third kappa shape index (κ3) is 6.33. The number of anilines is 2. The number of hydrogen-bond acceptors (Lipinski definition) is 9. The SMILES string of the molecule is Cc1cc(NS(=O)(=O)c2ccc(NC(=O)CSc3nnc(-c4ccncc4)n3-c3ccccc3)cc2)nc(C)n1. The van der Waals surface area contributed by atoms with Crippen LogP contribution < -0.4 is 10.0 Å². The number of nitrogens with one attached hydrogen (secondary N) is 2. The van der Waals surface area contributed by atoms with E-state index in [1.54, 1.807) is 32.3 Å². The Morgan fingerprint density at radius 3 is 2.35 bits per heavy atom. The van der Waals surface area contributed by atoms with Gasteiger partial charge < -0.3 is 5.32 Å². The van der Waals surface area contributed by atoms with E-state index < -0.39 is 10.0 Å². The highest BCUT2D eigenvalue weighted by Gasteiger charge is 2.18. The van der Waals surface area contributed by atoms with E-state index in [2.05, 4.69) is 35.2 Å². The Morgan fingerprint density at radius 2 is 1.65 bits per heavy atom. The van der Waals surface area contributed by atoms with Gasteiger partial charge in [-0.1, -0.05) is 30.0 Å². The summed E-state index contributed by atoms with van der Waals surface area (Å²) >= 11 is 1.24. The van der Waals surface area contributed by atoms with Crippen molar-refractivity contribution in [2.24, 2.45) is 0 Å².